The Hall–Kier alpha value is -3.41. The number of rotatable bonds is 5. The number of aromatic nitrogens is 2. The third-order valence-electron chi connectivity index (χ3n) is 4.25. The number of ether oxygens (including phenoxy) is 1. The van der Waals surface area contributed by atoms with E-state index in [9.17, 15) is 4.79 Å². The molecule has 0 fully saturated rings. The zero-order chi connectivity index (χ0) is 20.1. The van der Waals surface area contributed by atoms with Crippen LogP contribution in [0.5, 0.6) is 5.75 Å². The summed E-state index contributed by atoms with van der Waals surface area (Å²) in [5.41, 5.74) is 2.98. The summed E-state index contributed by atoms with van der Waals surface area (Å²) in [7, 11) is 1.59. The number of nitrogens with zero attached hydrogens (tertiary/aromatic N) is 2. The standard InChI is InChI=1S/C22H24N4O2/c1-22(2,3)15-9-11-16(12-10-15)24-20(27)18-13-14-23-21(26-18)25-17-7-5-6-8-19(17)28-4/h5-14H,1-4H3,(H,24,27)(H,23,25,26). The number of carbonyl (C=O) groups excluding carboxylic acids is 1. The quantitative estimate of drug-likeness (QED) is 0.670. The molecule has 144 valence electrons. The average molecular weight is 376 g/mol. The molecular weight excluding hydrogens is 352 g/mol. The van der Waals surface area contributed by atoms with Gasteiger partial charge in [-0.1, -0.05) is 45.0 Å². The summed E-state index contributed by atoms with van der Waals surface area (Å²) >= 11 is 0. The van der Waals surface area contributed by atoms with Crippen molar-refractivity contribution in [3.8, 4) is 5.75 Å². The second kappa shape index (κ2) is 8.08. The van der Waals surface area contributed by atoms with Crippen LogP contribution >= 0.6 is 0 Å². The van der Waals surface area contributed by atoms with Gasteiger partial charge in [0, 0.05) is 11.9 Å². The van der Waals surface area contributed by atoms with Gasteiger partial charge in [0.05, 0.1) is 12.8 Å². The van der Waals surface area contributed by atoms with Gasteiger partial charge in [0.25, 0.3) is 5.91 Å². The molecule has 3 rings (SSSR count). The van der Waals surface area contributed by atoms with Crippen LogP contribution in [0.25, 0.3) is 0 Å². The van der Waals surface area contributed by atoms with Crippen LogP contribution in [-0.2, 0) is 5.41 Å². The topological polar surface area (TPSA) is 76.1 Å². The van der Waals surface area contributed by atoms with Gasteiger partial charge in [-0.3, -0.25) is 4.79 Å². The van der Waals surface area contributed by atoms with Crippen LogP contribution in [0, 0.1) is 0 Å². The lowest BCUT2D eigenvalue weighted by Gasteiger charge is -2.19. The Morgan fingerprint density at radius 3 is 2.39 bits per heavy atom. The van der Waals surface area contributed by atoms with Gasteiger partial charge in [-0.15, -0.1) is 0 Å². The van der Waals surface area contributed by atoms with E-state index in [1.165, 1.54) is 5.56 Å². The fraction of sp³-hybridized carbons (Fsp3) is 0.227. The predicted octanol–water partition coefficient (Wildman–Crippen LogP) is 4.78. The minimum atomic E-state index is -0.297. The lowest BCUT2D eigenvalue weighted by molar-refractivity contribution is 0.102. The Morgan fingerprint density at radius 1 is 1.00 bits per heavy atom. The average Bonchev–Trinajstić information content (AvgIpc) is 2.68. The number of nitrogens with one attached hydrogen (secondary N) is 2. The summed E-state index contributed by atoms with van der Waals surface area (Å²) < 4.78 is 5.31. The number of hydrogen-bond donors (Lipinski definition) is 2. The molecule has 2 N–H and O–H groups in total. The Morgan fingerprint density at radius 2 is 1.71 bits per heavy atom. The smallest absolute Gasteiger partial charge is 0.274 e. The summed E-state index contributed by atoms with van der Waals surface area (Å²) in [6, 6.07) is 16.8. The molecule has 1 aromatic heterocycles. The molecule has 0 radical (unpaired) electrons. The van der Waals surface area contributed by atoms with E-state index in [0.29, 0.717) is 11.7 Å². The van der Waals surface area contributed by atoms with Crippen molar-refractivity contribution in [3.05, 3.63) is 72.1 Å². The van der Waals surface area contributed by atoms with Crippen LogP contribution in [0.1, 0.15) is 36.8 Å². The lowest BCUT2D eigenvalue weighted by atomic mass is 9.87. The summed E-state index contributed by atoms with van der Waals surface area (Å²) in [4.78, 5) is 21.1. The molecule has 6 nitrogen and oxygen atoms in total. The Balaban J connectivity index is 1.73. The van der Waals surface area contributed by atoms with Crippen LogP contribution in [-0.4, -0.2) is 23.0 Å². The van der Waals surface area contributed by atoms with Crippen molar-refractivity contribution < 1.29 is 9.53 Å². The largest absolute Gasteiger partial charge is 0.495 e. The van der Waals surface area contributed by atoms with Crippen molar-refractivity contribution in [2.24, 2.45) is 0 Å². The van der Waals surface area contributed by atoms with E-state index in [2.05, 4.69) is 41.4 Å². The highest BCUT2D eigenvalue weighted by atomic mass is 16.5. The van der Waals surface area contributed by atoms with E-state index in [1.54, 1.807) is 19.4 Å². The molecule has 1 heterocycles. The summed E-state index contributed by atoms with van der Waals surface area (Å²) in [5.74, 6) is 0.689. The fourth-order valence-electron chi connectivity index (χ4n) is 2.66. The van der Waals surface area contributed by atoms with E-state index in [4.69, 9.17) is 4.74 Å². The molecule has 0 aliphatic rings. The fourth-order valence-corrected chi connectivity index (χ4v) is 2.66. The third-order valence-corrected chi connectivity index (χ3v) is 4.25. The molecule has 0 saturated heterocycles. The van der Waals surface area contributed by atoms with Gasteiger partial charge in [0.15, 0.2) is 0 Å². The van der Waals surface area contributed by atoms with Crippen molar-refractivity contribution in [2.45, 2.75) is 26.2 Å². The van der Waals surface area contributed by atoms with Gasteiger partial charge in [-0.2, -0.15) is 0 Å². The van der Waals surface area contributed by atoms with Crippen molar-refractivity contribution in [1.29, 1.82) is 0 Å². The highest BCUT2D eigenvalue weighted by Gasteiger charge is 2.14. The summed E-state index contributed by atoms with van der Waals surface area (Å²) in [6.07, 6.45) is 1.54. The summed E-state index contributed by atoms with van der Waals surface area (Å²) in [6.45, 7) is 6.45. The Kier molecular flexibility index (Phi) is 5.59. The molecule has 0 aliphatic heterocycles. The van der Waals surface area contributed by atoms with E-state index in [-0.39, 0.29) is 17.0 Å². The van der Waals surface area contributed by atoms with Gasteiger partial charge in [-0.05, 0) is 41.3 Å². The van der Waals surface area contributed by atoms with Crippen LogP contribution in [0.4, 0.5) is 17.3 Å². The van der Waals surface area contributed by atoms with E-state index in [0.717, 1.165) is 11.4 Å². The van der Waals surface area contributed by atoms with E-state index >= 15 is 0 Å². The normalized spacial score (nSPS) is 11.0. The number of para-hydroxylation sites is 2. The second-order valence-electron chi connectivity index (χ2n) is 7.37. The van der Waals surface area contributed by atoms with Gasteiger partial charge < -0.3 is 15.4 Å². The minimum absolute atomic E-state index is 0.0637. The predicted molar refractivity (Wildman–Crippen MR) is 111 cm³/mol. The molecule has 0 unspecified atom stereocenters. The lowest BCUT2D eigenvalue weighted by Crippen LogP contribution is -2.15. The number of amides is 1. The highest BCUT2D eigenvalue weighted by molar-refractivity contribution is 6.03. The number of carbonyl (C=O) groups is 1. The van der Waals surface area contributed by atoms with Crippen LogP contribution in [0.3, 0.4) is 0 Å². The first-order valence-electron chi connectivity index (χ1n) is 9.02. The molecule has 0 atom stereocenters. The van der Waals surface area contributed by atoms with Crippen LogP contribution in [0.15, 0.2) is 60.8 Å². The highest BCUT2D eigenvalue weighted by Crippen LogP contribution is 2.26. The number of methoxy groups -OCH3 is 1. The molecule has 3 aromatic rings. The van der Waals surface area contributed by atoms with Crippen LogP contribution < -0.4 is 15.4 Å². The van der Waals surface area contributed by atoms with Crippen molar-refractivity contribution >= 4 is 23.2 Å². The zero-order valence-electron chi connectivity index (χ0n) is 16.5. The van der Waals surface area contributed by atoms with Crippen molar-refractivity contribution in [1.82, 2.24) is 9.97 Å². The molecule has 6 heteroatoms. The molecule has 1 amide bonds. The monoisotopic (exact) mass is 376 g/mol. The van der Waals surface area contributed by atoms with Gasteiger partial charge in [0.2, 0.25) is 5.95 Å². The van der Waals surface area contributed by atoms with Gasteiger partial charge in [-0.25, -0.2) is 9.97 Å². The maximum absolute atomic E-state index is 12.6. The molecular formula is C22H24N4O2. The number of anilines is 3. The van der Waals surface area contributed by atoms with Gasteiger partial charge in [0.1, 0.15) is 11.4 Å². The molecule has 0 bridgehead atoms. The maximum Gasteiger partial charge on any atom is 0.274 e. The SMILES string of the molecule is COc1ccccc1Nc1nccc(C(=O)Nc2ccc(C(C)(C)C)cc2)n1. The molecule has 0 saturated carbocycles. The number of benzene rings is 2. The molecule has 2 aromatic carbocycles. The van der Waals surface area contributed by atoms with E-state index in [1.807, 2.05) is 48.5 Å². The second-order valence-corrected chi connectivity index (χ2v) is 7.37. The number of hydrogen-bond acceptors (Lipinski definition) is 5. The van der Waals surface area contributed by atoms with Gasteiger partial charge >= 0.3 is 0 Å². The van der Waals surface area contributed by atoms with Crippen LogP contribution in [0.2, 0.25) is 0 Å². The minimum Gasteiger partial charge on any atom is -0.495 e. The zero-order valence-corrected chi connectivity index (χ0v) is 16.5. The van der Waals surface area contributed by atoms with E-state index < -0.39 is 0 Å². The maximum atomic E-state index is 12.6. The summed E-state index contributed by atoms with van der Waals surface area (Å²) in [5, 5.41) is 5.95. The van der Waals surface area contributed by atoms with Crippen molar-refractivity contribution in [3.63, 3.8) is 0 Å². The molecule has 28 heavy (non-hydrogen) atoms. The first-order valence-corrected chi connectivity index (χ1v) is 9.02. The Labute approximate surface area is 165 Å². The molecule has 0 aliphatic carbocycles. The van der Waals surface area contributed by atoms with Crippen molar-refractivity contribution in [2.75, 3.05) is 17.7 Å². The third kappa shape index (κ3) is 4.65. The first-order chi connectivity index (χ1) is 13.4. The Bertz CT molecular complexity index is 963. The molecule has 0 spiro atoms. The first kappa shape index (κ1) is 19.4.